The standard InChI is InChI=1S/C16H20N2OS2/c1-5-7-20-14-13-10-8-16(3,4)19-9-11(10)21-15(13)18-12(6-2)17-14/h5H,1,6-9H2,2-4H3. The van der Waals surface area contributed by atoms with Gasteiger partial charge in [0.25, 0.3) is 0 Å². The molecule has 0 spiro atoms. The Balaban J connectivity index is 2.18. The summed E-state index contributed by atoms with van der Waals surface area (Å²) in [5, 5.41) is 2.35. The zero-order chi connectivity index (χ0) is 15.0. The van der Waals surface area contributed by atoms with Crippen LogP contribution >= 0.6 is 23.1 Å². The minimum absolute atomic E-state index is 0.106. The third-order valence-electron chi connectivity index (χ3n) is 3.60. The van der Waals surface area contributed by atoms with Crippen LogP contribution < -0.4 is 0 Å². The van der Waals surface area contributed by atoms with Crippen LogP contribution in [0.4, 0.5) is 0 Å². The van der Waals surface area contributed by atoms with E-state index in [2.05, 4.69) is 27.4 Å². The molecule has 0 fully saturated rings. The van der Waals surface area contributed by atoms with Gasteiger partial charge in [-0.15, -0.1) is 29.7 Å². The zero-order valence-electron chi connectivity index (χ0n) is 12.7. The average Bonchev–Trinajstić information content (AvgIpc) is 2.81. The number of hydrogen-bond donors (Lipinski definition) is 0. The van der Waals surface area contributed by atoms with Crippen LogP contribution in [0.2, 0.25) is 0 Å². The fourth-order valence-electron chi connectivity index (χ4n) is 2.55. The molecular formula is C16H20N2OS2. The number of aryl methyl sites for hydroxylation is 1. The maximum absolute atomic E-state index is 5.94. The Bertz CT molecular complexity index is 691. The van der Waals surface area contributed by atoms with Crippen LogP contribution in [0.5, 0.6) is 0 Å². The summed E-state index contributed by atoms with van der Waals surface area (Å²) in [6.45, 7) is 10.9. The van der Waals surface area contributed by atoms with E-state index in [0.717, 1.165) is 34.3 Å². The fraction of sp³-hybridized carbons (Fsp3) is 0.500. The number of nitrogens with zero attached hydrogens (tertiary/aromatic N) is 2. The van der Waals surface area contributed by atoms with E-state index in [-0.39, 0.29) is 5.60 Å². The second-order valence-electron chi connectivity index (χ2n) is 5.81. The van der Waals surface area contributed by atoms with Crippen molar-refractivity contribution >= 4 is 33.3 Å². The Morgan fingerprint density at radius 1 is 1.43 bits per heavy atom. The molecule has 2 aromatic heterocycles. The Kier molecular flexibility index (Phi) is 4.08. The summed E-state index contributed by atoms with van der Waals surface area (Å²) in [7, 11) is 0. The van der Waals surface area contributed by atoms with E-state index in [1.54, 1.807) is 23.1 Å². The first-order chi connectivity index (χ1) is 10.0. The van der Waals surface area contributed by atoms with E-state index >= 15 is 0 Å². The number of hydrogen-bond acceptors (Lipinski definition) is 5. The maximum Gasteiger partial charge on any atom is 0.131 e. The normalized spacial score (nSPS) is 16.9. The molecule has 0 bridgehead atoms. The first-order valence-corrected chi connectivity index (χ1v) is 9.03. The van der Waals surface area contributed by atoms with Crippen molar-refractivity contribution in [1.82, 2.24) is 9.97 Å². The Labute approximate surface area is 133 Å². The molecule has 0 N–H and O–H groups in total. The summed E-state index contributed by atoms with van der Waals surface area (Å²) >= 11 is 3.52. The highest BCUT2D eigenvalue weighted by atomic mass is 32.2. The molecule has 0 unspecified atom stereocenters. The SMILES string of the molecule is C=CCSc1nc(CC)nc2sc3c(c12)CC(C)(C)OC3. The highest BCUT2D eigenvalue weighted by Gasteiger charge is 2.30. The molecule has 0 saturated carbocycles. The molecule has 3 heterocycles. The van der Waals surface area contributed by atoms with Gasteiger partial charge in [0.1, 0.15) is 15.7 Å². The number of aromatic nitrogens is 2. The minimum atomic E-state index is -0.106. The van der Waals surface area contributed by atoms with Crippen LogP contribution in [0.1, 0.15) is 37.0 Å². The third-order valence-corrected chi connectivity index (χ3v) is 5.67. The lowest BCUT2D eigenvalue weighted by Crippen LogP contribution is -2.31. The molecule has 0 atom stereocenters. The van der Waals surface area contributed by atoms with Crippen molar-refractivity contribution in [3.05, 3.63) is 28.9 Å². The molecule has 0 aromatic carbocycles. The van der Waals surface area contributed by atoms with Gasteiger partial charge in [-0.05, 0) is 19.4 Å². The van der Waals surface area contributed by atoms with Crippen molar-refractivity contribution in [2.75, 3.05) is 5.75 Å². The lowest BCUT2D eigenvalue weighted by Gasteiger charge is -2.30. The molecule has 21 heavy (non-hydrogen) atoms. The Morgan fingerprint density at radius 2 is 2.24 bits per heavy atom. The summed E-state index contributed by atoms with van der Waals surface area (Å²) in [5.41, 5.74) is 1.28. The predicted molar refractivity (Wildman–Crippen MR) is 90.3 cm³/mol. The van der Waals surface area contributed by atoms with Gasteiger partial charge in [-0.2, -0.15) is 0 Å². The second kappa shape index (κ2) is 5.71. The van der Waals surface area contributed by atoms with E-state index in [1.165, 1.54) is 15.8 Å². The van der Waals surface area contributed by atoms with Crippen molar-refractivity contribution in [3.63, 3.8) is 0 Å². The van der Waals surface area contributed by atoms with Gasteiger partial charge in [-0.1, -0.05) is 13.0 Å². The molecule has 0 aliphatic carbocycles. The molecule has 3 nitrogen and oxygen atoms in total. The quantitative estimate of drug-likeness (QED) is 0.475. The molecule has 112 valence electrons. The van der Waals surface area contributed by atoms with E-state index in [9.17, 15) is 0 Å². The van der Waals surface area contributed by atoms with Crippen LogP contribution in [-0.2, 0) is 24.2 Å². The zero-order valence-corrected chi connectivity index (χ0v) is 14.4. The van der Waals surface area contributed by atoms with Gasteiger partial charge in [-0.3, -0.25) is 0 Å². The van der Waals surface area contributed by atoms with Gasteiger partial charge < -0.3 is 4.74 Å². The molecule has 0 radical (unpaired) electrons. The molecule has 2 aromatic rings. The summed E-state index contributed by atoms with van der Waals surface area (Å²) in [6.07, 6.45) is 3.72. The van der Waals surface area contributed by atoms with Crippen LogP contribution in [0, 0.1) is 0 Å². The number of rotatable bonds is 4. The van der Waals surface area contributed by atoms with Gasteiger partial charge in [0.2, 0.25) is 0 Å². The molecule has 0 amide bonds. The first kappa shape index (κ1) is 15.0. The lowest BCUT2D eigenvalue weighted by atomic mass is 9.95. The fourth-order valence-corrected chi connectivity index (χ4v) is 4.55. The highest BCUT2D eigenvalue weighted by molar-refractivity contribution is 7.99. The number of fused-ring (bicyclic) bond motifs is 3. The van der Waals surface area contributed by atoms with Crippen molar-refractivity contribution in [3.8, 4) is 0 Å². The molecule has 1 aliphatic rings. The van der Waals surface area contributed by atoms with Gasteiger partial charge in [0, 0.05) is 28.9 Å². The van der Waals surface area contributed by atoms with E-state index in [0.29, 0.717) is 6.61 Å². The lowest BCUT2D eigenvalue weighted by molar-refractivity contribution is -0.0379. The smallest absolute Gasteiger partial charge is 0.131 e. The summed E-state index contributed by atoms with van der Waals surface area (Å²) < 4.78 is 5.94. The van der Waals surface area contributed by atoms with E-state index in [1.807, 2.05) is 6.08 Å². The summed E-state index contributed by atoms with van der Waals surface area (Å²) in [5.74, 6) is 1.80. The third kappa shape index (κ3) is 2.87. The summed E-state index contributed by atoms with van der Waals surface area (Å²) in [4.78, 5) is 11.9. The van der Waals surface area contributed by atoms with Gasteiger partial charge in [0.05, 0.1) is 12.2 Å². The Hall–Kier alpha value is -0.910. The molecular weight excluding hydrogens is 300 g/mol. The van der Waals surface area contributed by atoms with Crippen LogP contribution in [-0.4, -0.2) is 21.3 Å². The van der Waals surface area contributed by atoms with E-state index in [4.69, 9.17) is 14.7 Å². The minimum Gasteiger partial charge on any atom is -0.370 e. The largest absolute Gasteiger partial charge is 0.370 e. The average molecular weight is 320 g/mol. The van der Waals surface area contributed by atoms with Crippen molar-refractivity contribution in [2.45, 2.75) is 50.8 Å². The molecule has 0 saturated heterocycles. The number of ether oxygens (including phenoxy) is 1. The van der Waals surface area contributed by atoms with Crippen LogP contribution in [0.15, 0.2) is 17.7 Å². The van der Waals surface area contributed by atoms with Crippen molar-refractivity contribution in [2.24, 2.45) is 0 Å². The van der Waals surface area contributed by atoms with Crippen LogP contribution in [0.25, 0.3) is 10.2 Å². The van der Waals surface area contributed by atoms with Gasteiger partial charge in [-0.25, -0.2) is 9.97 Å². The monoisotopic (exact) mass is 320 g/mol. The molecule has 3 rings (SSSR count). The number of thioether (sulfide) groups is 1. The van der Waals surface area contributed by atoms with Gasteiger partial charge >= 0.3 is 0 Å². The maximum atomic E-state index is 5.94. The first-order valence-electron chi connectivity index (χ1n) is 7.23. The highest BCUT2D eigenvalue weighted by Crippen LogP contribution is 2.41. The van der Waals surface area contributed by atoms with Crippen molar-refractivity contribution in [1.29, 1.82) is 0 Å². The molecule has 5 heteroatoms. The molecule has 1 aliphatic heterocycles. The topological polar surface area (TPSA) is 35.0 Å². The van der Waals surface area contributed by atoms with Gasteiger partial charge in [0.15, 0.2) is 0 Å². The Morgan fingerprint density at radius 3 is 2.95 bits per heavy atom. The second-order valence-corrected chi connectivity index (χ2v) is 7.90. The number of thiophene rings is 1. The van der Waals surface area contributed by atoms with Crippen LogP contribution in [0.3, 0.4) is 0 Å². The van der Waals surface area contributed by atoms with Crippen molar-refractivity contribution < 1.29 is 4.74 Å². The summed E-state index contributed by atoms with van der Waals surface area (Å²) in [6, 6.07) is 0. The van der Waals surface area contributed by atoms with E-state index < -0.39 is 0 Å². The predicted octanol–water partition coefficient (Wildman–Crippen LogP) is 4.38.